The fraction of sp³-hybridized carbons (Fsp3) is 0. The van der Waals surface area contributed by atoms with E-state index < -0.39 is 40.7 Å². The normalized spacial score (nSPS) is 10.6. The first kappa shape index (κ1) is 13.5. The minimum Gasteiger partial charge on any atom is -0.316 e. The zero-order chi connectivity index (χ0) is 14.2. The molecule has 0 saturated heterocycles. The van der Waals surface area contributed by atoms with E-state index >= 15 is 0 Å². The van der Waals surface area contributed by atoms with E-state index in [1.807, 2.05) is 0 Å². The third-order valence-corrected chi connectivity index (χ3v) is 3.06. The van der Waals surface area contributed by atoms with Crippen molar-refractivity contribution in [2.75, 3.05) is 5.32 Å². The Balaban J connectivity index is 2.44. The van der Waals surface area contributed by atoms with Crippen molar-refractivity contribution in [3.63, 3.8) is 0 Å². The number of anilines is 1. The molecule has 0 radical (unpaired) electrons. The Bertz CT molecular complexity index is 612. The predicted octanol–water partition coefficient (Wildman–Crippen LogP) is 3.70. The summed E-state index contributed by atoms with van der Waals surface area (Å²) in [4.78, 5) is 11.6. The summed E-state index contributed by atoms with van der Waals surface area (Å²) in [6, 6.07) is 2.84. The number of hydrogen-bond donors (Lipinski definition) is 1. The number of nitrogens with one attached hydrogen (secondary N) is 1. The first-order valence-corrected chi connectivity index (χ1v) is 5.67. The quantitative estimate of drug-likeness (QED) is 0.510. The van der Waals surface area contributed by atoms with Crippen LogP contribution < -0.4 is 5.32 Å². The smallest absolute Gasteiger partial charge is 0.265 e. The van der Waals surface area contributed by atoms with Crippen LogP contribution in [0.5, 0.6) is 0 Å². The second-order valence-electron chi connectivity index (χ2n) is 3.38. The van der Waals surface area contributed by atoms with Crippen LogP contribution >= 0.6 is 11.3 Å². The number of halogens is 5. The van der Waals surface area contributed by atoms with E-state index in [9.17, 15) is 26.7 Å². The van der Waals surface area contributed by atoms with Crippen molar-refractivity contribution in [3.05, 3.63) is 51.5 Å². The zero-order valence-electron chi connectivity index (χ0n) is 8.94. The summed E-state index contributed by atoms with van der Waals surface area (Å²) < 4.78 is 65.1. The van der Waals surface area contributed by atoms with Gasteiger partial charge in [-0.3, -0.25) is 4.79 Å². The Labute approximate surface area is 107 Å². The van der Waals surface area contributed by atoms with Crippen LogP contribution in [0, 0.1) is 29.1 Å². The molecule has 0 aliphatic carbocycles. The minimum absolute atomic E-state index is 0.0731. The van der Waals surface area contributed by atoms with Gasteiger partial charge in [0.2, 0.25) is 5.82 Å². The summed E-state index contributed by atoms with van der Waals surface area (Å²) in [6.07, 6.45) is 0. The Hall–Kier alpha value is -1.96. The van der Waals surface area contributed by atoms with E-state index in [1.54, 1.807) is 5.32 Å². The van der Waals surface area contributed by atoms with E-state index in [0.717, 1.165) is 11.3 Å². The number of thiophene rings is 1. The van der Waals surface area contributed by atoms with Gasteiger partial charge in [-0.2, -0.15) is 0 Å². The molecule has 0 spiro atoms. The average molecular weight is 293 g/mol. The lowest BCUT2D eigenvalue weighted by Gasteiger charge is -2.08. The Morgan fingerprint density at radius 1 is 0.947 bits per heavy atom. The maximum absolute atomic E-state index is 13.3. The Kier molecular flexibility index (Phi) is 3.52. The maximum atomic E-state index is 13.3. The largest absolute Gasteiger partial charge is 0.316 e. The molecule has 0 fully saturated rings. The van der Waals surface area contributed by atoms with Gasteiger partial charge in [0.1, 0.15) is 5.69 Å². The molecule has 0 saturated carbocycles. The lowest BCUT2D eigenvalue weighted by Crippen LogP contribution is -2.15. The second-order valence-corrected chi connectivity index (χ2v) is 4.32. The van der Waals surface area contributed by atoms with Gasteiger partial charge in [0, 0.05) is 0 Å². The molecule has 2 rings (SSSR count). The van der Waals surface area contributed by atoms with Gasteiger partial charge in [0.15, 0.2) is 23.3 Å². The topological polar surface area (TPSA) is 29.1 Å². The molecule has 2 aromatic rings. The van der Waals surface area contributed by atoms with Gasteiger partial charge in [-0.1, -0.05) is 6.07 Å². The van der Waals surface area contributed by atoms with Crippen molar-refractivity contribution < 1.29 is 26.7 Å². The summed E-state index contributed by atoms with van der Waals surface area (Å²) in [6.45, 7) is 0. The molecule has 1 aromatic heterocycles. The summed E-state index contributed by atoms with van der Waals surface area (Å²) in [5.74, 6) is -11.6. The van der Waals surface area contributed by atoms with Crippen molar-refractivity contribution >= 4 is 22.9 Å². The van der Waals surface area contributed by atoms with Crippen LogP contribution in [0.3, 0.4) is 0 Å². The molecule has 1 N–H and O–H groups in total. The molecule has 0 atom stereocenters. The fourth-order valence-electron chi connectivity index (χ4n) is 1.30. The highest BCUT2D eigenvalue weighted by atomic mass is 32.1. The molecule has 1 aromatic carbocycles. The standard InChI is InChI=1S/C11H4F5NOS/c12-5-6(13)8(15)10(9(16)7(5)14)17-11(18)4-2-1-3-19-4/h1-3H,(H,17,18). The molecule has 0 aliphatic heterocycles. The number of carbonyl (C=O) groups excluding carboxylic acids is 1. The van der Waals surface area contributed by atoms with Crippen LogP contribution in [0.15, 0.2) is 17.5 Å². The van der Waals surface area contributed by atoms with Gasteiger partial charge in [-0.25, -0.2) is 22.0 Å². The summed E-state index contributed by atoms with van der Waals surface area (Å²) in [7, 11) is 0. The van der Waals surface area contributed by atoms with Crippen molar-refractivity contribution in [1.29, 1.82) is 0 Å². The monoisotopic (exact) mass is 293 g/mol. The van der Waals surface area contributed by atoms with Gasteiger partial charge >= 0.3 is 0 Å². The van der Waals surface area contributed by atoms with Crippen molar-refractivity contribution in [3.8, 4) is 0 Å². The molecule has 8 heteroatoms. The second kappa shape index (κ2) is 4.96. The molecule has 2 nitrogen and oxygen atoms in total. The van der Waals surface area contributed by atoms with Crippen LogP contribution in [-0.4, -0.2) is 5.91 Å². The molecule has 1 amide bonds. The van der Waals surface area contributed by atoms with Crippen LogP contribution in [0.4, 0.5) is 27.6 Å². The summed E-state index contributed by atoms with van der Waals surface area (Å²) in [5.41, 5.74) is -1.37. The van der Waals surface area contributed by atoms with Gasteiger partial charge in [0.25, 0.3) is 5.91 Å². The first-order valence-electron chi connectivity index (χ1n) is 4.79. The van der Waals surface area contributed by atoms with E-state index in [4.69, 9.17) is 0 Å². The van der Waals surface area contributed by atoms with Gasteiger partial charge in [-0.15, -0.1) is 11.3 Å². The van der Waals surface area contributed by atoms with Crippen LogP contribution in [0.2, 0.25) is 0 Å². The number of carbonyl (C=O) groups is 1. The highest BCUT2D eigenvalue weighted by Crippen LogP contribution is 2.27. The van der Waals surface area contributed by atoms with Gasteiger partial charge in [-0.05, 0) is 11.4 Å². The minimum atomic E-state index is -2.27. The highest BCUT2D eigenvalue weighted by molar-refractivity contribution is 7.12. The molecule has 100 valence electrons. The third kappa shape index (κ3) is 2.30. The molecule has 0 unspecified atom stereocenters. The fourth-order valence-corrected chi connectivity index (χ4v) is 1.92. The van der Waals surface area contributed by atoms with Gasteiger partial charge < -0.3 is 5.32 Å². The number of benzene rings is 1. The van der Waals surface area contributed by atoms with Crippen molar-refractivity contribution in [1.82, 2.24) is 0 Å². The SMILES string of the molecule is O=C(Nc1c(F)c(F)c(F)c(F)c1F)c1cccs1. The highest BCUT2D eigenvalue weighted by Gasteiger charge is 2.27. The first-order chi connectivity index (χ1) is 8.93. The summed E-state index contributed by atoms with van der Waals surface area (Å²) >= 11 is 0.955. The summed E-state index contributed by atoms with van der Waals surface area (Å²) in [5, 5.41) is 3.19. The Morgan fingerprint density at radius 2 is 1.47 bits per heavy atom. The van der Waals surface area contributed by atoms with Crippen LogP contribution in [0.25, 0.3) is 0 Å². The van der Waals surface area contributed by atoms with E-state index in [1.165, 1.54) is 17.5 Å². The lowest BCUT2D eigenvalue weighted by molar-refractivity contribution is 0.102. The molecule has 19 heavy (non-hydrogen) atoms. The molecule has 1 heterocycles. The third-order valence-electron chi connectivity index (χ3n) is 2.19. The van der Waals surface area contributed by atoms with Crippen LogP contribution in [-0.2, 0) is 0 Å². The van der Waals surface area contributed by atoms with Crippen molar-refractivity contribution in [2.45, 2.75) is 0 Å². The molecule has 0 bridgehead atoms. The molecular weight excluding hydrogens is 289 g/mol. The van der Waals surface area contributed by atoms with E-state index in [0.29, 0.717) is 0 Å². The average Bonchev–Trinajstić information content (AvgIpc) is 2.93. The van der Waals surface area contributed by atoms with Gasteiger partial charge in [0.05, 0.1) is 4.88 Å². The number of rotatable bonds is 2. The van der Waals surface area contributed by atoms with Crippen LogP contribution in [0.1, 0.15) is 9.67 Å². The number of hydrogen-bond acceptors (Lipinski definition) is 2. The van der Waals surface area contributed by atoms with E-state index in [-0.39, 0.29) is 4.88 Å². The van der Waals surface area contributed by atoms with E-state index in [2.05, 4.69) is 0 Å². The van der Waals surface area contributed by atoms with Crippen molar-refractivity contribution in [2.24, 2.45) is 0 Å². The lowest BCUT2D eigenvalue weighted by atomic mass is 10.2. The maximum Gasteiger partial charge on any atom is 0.265 e. The predicted molar refractivity (Wildman–Crippen MR) is 58.5 cm³/mol. The zero-order valence-corrected chi connectivity index (χ0v) is 9.75. The molecular formula is C11H4F5NOS. The Morgan fingerprint density at radius 3 is 1.95 bits per heavy atom. The number of amides is 1. The molecule has 0 aliphatic rings.